The maximum Gasteiger partial charge on any atom is 0.416 e. The van der Waals surface area contributed by atoms with Crippen LogP contribution in [0.3, 0.4) is 0 Å². The molecule has 0 atom stereocenters. The zero-order valence-electron chi connectivity index (χ0n) is 12.8. The van der Waals surface area contributed by atoms with Crippen molar-refractivity contribution in [3.05, 3.63) is 61.2 Å². The molecule has 140 valence electrons. The number of alkyl halides is 3. The van der Waals surface area contributed by atoms with Crippen LogP contribution in [-0.4, -0.2) is 21.3 Å². The van der Waals surface area contributed by atoms with Gasteiger partial charge >= 0.3 is 11.9 Å². The van der Waals surface area contributed by atoms with E-state index < -0.39 is 68.2 Å². The van der Waals surface area contributed by atoms with Gasteiger partial charge in [-0.2, -0.15) is 17.6 Å². The Hall–Kier alpha value is -3.77. The third-order valence-electron chi connectivity index (χ3n) is 3.75. The molecule has 2 aromatic rings. The third kappa shape index (κ3) is 2.68. The fourth-order valence-corrected chi connectivity index (χ4v) is 2.58. The SMILES string of the molecule is Nc1c2c(cc(=O)n1-c1cc(C(F)(F)F)cc([N+](=O)[O-])c1F)C(=O)NC2=O. The molecule has 0 fully saturated rings. The van der Waals surface area contributed by atoms with Crippen molar-refractivity contribution in [2.24, 2.45) is 0 Å². The molecule has 2 amide bonds. The normalized spacial score (nSPS) is 13.5. The number of anilines is 1. The molecule has 3 rings (SSSR count). The second kappa shape index (κ2) is 5.62. The highest BCUT2D eigenvalue weighted by Crippen LogP contribution is 2.36. The van der Waals surface area contributed by atoms with Gasteiger partial charge in [0.2, 0.25) is 5.82 Å². The Morgan fingerprint density at radius 2 is 1.74 bits per heavy atom. The lowest BCUT2D eigenvalue weighted by molar-refractivity contribution is -0.387. The zero-order valence-corrected chi connectivity index (χ0v) is 12.8. The van der Waals surface area contributed by atoms with Gasteiger partial charge in [-0.1, -0.05) is 0 Å². The third-order valence-corrected chi connectivity index (χ3v) is 3.75. The number of rotatable bonds is 2. The van der Waals surface area contributed by atoms with Crippen LogP contribution in [0.4, 0.5) is 29.1 Å². The number of nitrogens with zero attached hydrogens (tertiary/aromatic N) is 2. The lowest BCUT2D eigenvalue weighted by Gasteiger charge is -2.15. The Morgan fingerprint density at radius 3 is 2.30 bits per heavy atom. The summed E-state index contributed by atoms with van der Waals surface area (Å²) in [7, 11) is 0. The molecular formula is C14H6F4N4O5. The molecule has 0 bridgehead atoms. The molecule has 3 N–H and O–H groups in total. The number of imide groups is 1. The number of benzene rings is 1. The van der Waals surface area contributed by atoms with E-state index in [-0.39, 0.29) is 16.7 Å². The molecule has 1 aliphatic rings. The first-order valence-corrected chi connectivity index (χ1v) is 6.90. The van der Waals surface area contributed by atoms with Gasteiger partial charge in [-0.05, 0) is 6.07 Å². The van der Waals surface area contributed by atoms with Crippen LogP contribution >= 0.6 is 0 Å². The lowest BCUT2D eigenvalue weighted by Crippen LogP contribution is -2.25. The molecule has 0 spiro atoms. The van der Waals surface area contributed by atoms with Crippen molar-refractivity contribution in [1.29, 1.82) is 0 Å². The van der Waals surface area contributed by atoms with E-state index in [0.717, 1.165) is 0 Å². The summed E-state index contributed by atoms with van der Waals surface area (Å²) in [6.07, 6.45) is -5.10. The van der Waals surface area contributed by atoms with E-state index in [1.54, 1.807) is 0 Å². The van der Waals surface area contributed by atoms with E-state index in [1.807, 2.05) is 5.32 Å². The Morgan fingerprint density at radius 1 is 1.11 bits per heavy atom. The van der Waals surface area contributed by atoms with E-state index in [2.05, 4.69) is 0 Å². The van der Waals surface area contributed by atoms with Crippen molar-refractivity contribution < 1.29 is 32.1 Å². The molecular weight excluding hydrogens is 380 g/mol. The van der Waals surface area contributed by atoms with E-state index in [4.69, 9.17) is 5.73 Å². The predicted octanol–water partition coefficient (Wildman–Crippen LogP) is 1.37. The van der Waals surface area contributed by atoms with Gasteiger partial charge in [0.15, 0.2) is 0 Å². The van der Waals surface area contributed by atoms with E-state index in [9.17, 15) is 42.1 Å². The summed E-state index contributed by atoms with van der Waals surface area (Å²) < 4.78 is 53.7. The van der Waals surface area contributed by atoms with Crippen molar-refractivity contribution >= 4 is 23.3 Å². The number of carbonyl (C=O) groups is 2. The lowest BCUT2D eigenvalue weighted by atomic mass is 10.1. The molecule has 27 heavy (non-hydrogen) atoms. The summed E-state index contributed by atoms with van der Waals surface area (Å²) in [6.45, 7) is 0. The molecule has 1 aromatic carbocycles. The number of halogens is 4. The smallest absolute Gasteiger partial charge is 0.384 e. The van der Waals surface area contributed by atoms with Crippen molar-refractivity contribution in [2.75, 3.05) is 5.73 Å². The molecule has 1 aromatic heterocycles. The van der Waals surface area contributed by atoms with Gasteiger partial charge in [0.25, 0.3) is 17.4 Å². The van der Waals surface area contributed by atoms with Gasteiger partial charge < -0.3 is 5.73 Å². The number of nitrogen functional groups attached to an aromatic ring is 1. The van der Waals surface area contributed by atoms with Crippen LogP contribution in [0.25, 0.3) is 5.69 Å². The number of fused-ring (bicyclic) bond motifs is 1. The standard InChI is InChI=1S/C14H6F4N4O5/c15-10-6(1-4(14(16,17)18)2-7(10)22(26)27)21-8(23)3-5-9(11(21)19)13(25)20-12(5)24/h1-3H,19H2,(H,20,24,25). The molecule has 13 heteroatoms. The number of pyridine rings is 1. The summed E-state index contributed by atoms with van der Waals surface area (Å²) in [6, 6.07) is 0.669. The van der Waals surface area contributed by atoms with Crippen LogP contribution < -0.4 is 16.6 Å². The monoisotopic (exact) mass is 386 g/mol. The van der Waals surface area contributed by atoms with Gasteiger partial charge in [0.1, 0.15) is 5.82 Å². The second-order valence-electron chi connectivity index (χ2n) is 5.36. The number of carbonyl (C=O) groups excluding carboxylic acids is 2. The van der Waals surface area contributed by atoms with E-state index in [1.165, 1.54) is 0 Å². The highest BCUT2D eigenvalue weighted by Gasteiger charge is 2.37. The average Bonchev–Trinajstić information content (AvgIpc) is 2.81. The molecule has 0 radical (unpaired) electrons. The minimum atomic E-state index is -5.10. The van der Waals surface area contributed by atoms with Crippen LogP contribution in [0.15, 0.2) is 23.0 Å². The number of hydrogen-bond donors (Lipinski definition) is 2. The fourth-order valence-electron chi connectivity index (χ4n) is 2.58. The summed E-state index contributed by atoms with van der Waals surface area (Å²) >= 11 is 0. The Kier molecular flexibility index (Phi) is 3.75. The first-order chi connectivity index (χ1) is 12.4. The van der Waals surface area contributed by atoms with Crippen molar-refractivity contribution in [3.8, 4) is 5.69 Å². The quantitative estimate of drug-likeness (QED) is 0.346. The summed E-state index contributed by atoms with van der Waals surface area (Å²) in [5.74, 6) is -4.63. The maximum atomic E-state index is 14.5. The Bertz CT molecular complexity index is 1110. The maximum absolute atomic E-state index is 14.5. The van der Waals surface area contributed by atoms with E-state index >= 15 is 0 Å². The summed E-state index contributed by atoms with van der Waals surface area (Å²) in [5.41, 5.74) is -1.00. The number of aromatic nitrogens is 1. The van der Waals surface area contributed by atoms with Crippen LogP contribution in [0.5, 0.6) is 0 Å². The number of nitrogens with two attached hydrogens (primary N) is 1. The number of amides is 2. The number of nitrogens with one attached hydrogen (secondary N) is 1. The highest BCUT2D eigenvalue weighted by molar-refractivity contribution is 6.23. The predicted molar refractivity (Wildman–Crippen MR) is 79.9 cm³/mol. The van der Waals surface area contributed by atoms with Crippen molar-refractivity contribution in [3.63, 3.8) is 0 Å². The Balaban J connectivity index is 2.42. The summed E-state index contributed by atoms with van der Waals surface area (Å²) in [4.78, 5) is 45.1. The highest BCUT2D eigenvalue weighted by atomic mass is 19.4. The minimum absolute atomic E-state index is 0.0380. The van der Waals surface area contributed by atoms with Crippen LogP contribution in [-0.2, 0) is 6.18 Å². The van der Waals surface area contributed by atoms with Gasteiger partial charge in [-0.25, -0.2) is 0 Å². The van der Waals surface area contributed by atoms with Crippen molar-refractivity contribution in [1.82, 2.24) is 9.88 Å². The largest absolute Gasteiger partial charge is 0.416 e. The van der Waals surface area contributed by atoms with E-state index in [0.29, 0.717) is 6.07 Å². The van der Waals surface area contributed by atoms with Gasteiger partial charge in [-0.3, -0.25) is 34.4 Å². The van der Waals surface area contributed by atoms with Crippen LogP contribution in [0, 0.1) is 15.9 Å². The number of nitro groups is 1. The summed E-state index contributed by atoms with van der Waals surface area (Å²) in [5, 5.41) is 12.7. The average molecular weight is 386 g/mol. The zero-order chi connectivity index (χ0) is 20.3. The molecule has 0 unspecified atom stereocenters. The number of nitro benzene ring substituents is 1. The number of hydrogen-bond acceptors (Lipinski definition) is 6. The van der Waals surface area contributed by atoms with Gasteiger partial charge in [0, 0.05) is 12.1 Å². The van der Waals surface area contributed by atoms with Crippen LogP contribution in [0.1, 0.15) is 26.3 Å². The first-order valence-electron chi connectivity index (χ1n) is 6.90. The molecule has 0 aliphatic carbocycles. The fraction of sp³-hybridized carbons (Fsp3) is 0.0714. The van der Waals surface area contributed by atoms with Crippen LogP contribution in [0.2, 0.25) is 0 Å². The second-order valence-corrected chi connectivity index (χ2v) is 5.36. The minimum Gasteiger partial charge on any atom is -0.384 e. The molecule has 0 saturated heterocycles. The van der Waals surface area contributed by atoms with Gasteiger partial charge in [0.05, 0.1) is 27.3 Å². The molecule has 1 aliphatic heterocycles. The molecule has 9 nitrogen and oxygen atoms in total. The van der Waals surface area contributed by atoms with Crippen molar-refractivity contribution in [2.45, 2.75) is 6.18 Å². The topological polar surface area (TPSA) is 137 Å². The molecule has 2 heterocycles. The van der Waals surface area contributed by atoms with Gasteiger partial charge in [-0.15, -0.1) is 0 Å². The first kappa shape index (κ1) is 18.0. The Labute approximate surface area is 145 Å². The molecule has 0 saturated carbocycles.